The van der Waals surface area contributed by atoms with Gasteiger partial charge in [0.05, 0.1) is 0 Å². The minimum absolute atomic E-state index is 0. The molecule has 0 heterocycles. The second kappa shape index (κ2) is 9.61. The summed E-state index contributed by atoms with van der Waals surface area (Å²) in [6.07, 6.45) is -0.645. The molecule has 0 bridgehead atoms. The Kier molecular flexibility index (Phi) is 8.95. The van der Waals surface area contributed by atoms with Gasteiger partial charge in [0.1, 0.15) is 12.7 Å². The van der Waals surface area contributed by atoms with Crippen LogP contribution in [0.3, 0.4) is 0 Å². The van der Waals surface area contributed by atoms with Crippen LogP contribution in [0.1, 0.15) is 19.4 Å². The maximum atomic E-state index is 9.67. The van der Waals surface area contributed by atoms with Crippen LogP contribution < -0.4 is 5.32 Å². The molecule has 0 saturated carbocycles. The van der Waals surface area contributed by atoms with Gasteiger partial charge in [0.2, 0.25) is 0 Å². The number of ether oxygens (including phenoxy) is 1. The number of hydrogen-bond donors (Lipinski definition) is 3. The number of benzene rings is 1. The first kappa shape index (κ1) is 17.7. The van der Waals surface area contributed by atoms with Gasteiger partial charge in [-0.1, -0.05) is 32.0 Å². The van der Waals surface area contributed by atoms with E-state index in [0.29, 0.717) is 18.2 Å². The fourth-order valence-corrected chi connectivity index (χ4v) is 1.36. The van der Waals surface area contributed by atoms with Crippen LogP contribution >= 0.6 is 12.4 Å². The summed E-state index contributed by atoms with van der Waals surface area (Å²) in [5.41, 5.74) is 0.670. The summed E-state index contributed by atoms with van der Waals surface area (Å²) in [4.78, 5) is 0. The predicted molar refractivity (Wildman–Crippen MR) is 77.1 cm³/mol. The van der Waals surface area contributed by atoms with Crippen LogP contribution in [0.25, 0.3) is 0 Å². The van der Waals surface area contributed by atoms with E-state index in [-0.39, 0.29) is 24.9 Å². The normalized spacial score (nSPS) is 12.9. The highest BCUT2D eigenvalue weighted by Gasteiger charge is 2.10. The molecule has 1 aromatic rings. The van der Waals surface area contributed by atoms with Crippen LogP contribution in [0.15, 0.2) is 35.5 Å². The van der Waals surface area contributed by atoms with E-state index in [1.54, 1.807) is 12.1 Å². The lowest BCUT2D eigenvalue weighted by Crippen LogP contribution is -2.35. The summed E-state index contributed by atoms with van der Waals surface area (Å²) in [5, 5.41) is 24.7. The first-order valence-electron chi connectivity index (χ1n) is 5.95. The van der Waals surface area contributed by atoms with Gasteiger partial charge in [-0.3, -0.25) is 0 Å². The number of hydrogen-bond acceptors (Lipinski definition) is 5. The Morgan fingerprint density at radius 1 is 1.32 bits per heavy atom. The van der Waals surface area contributed by atoms with Crippen LogP contribution in [-0.4, -0.2) is 41.5 Å². The molecule has 0 saturated heterocycles. The van der Waals surface area contributed by atoms with Gasteiger partial charge >= 0.3 is 0 Å². The van der Waals surface area contributed by atoms with Crippen molar-refractivity contribution in [1.82, 2.24) is 5.32 Å². The van der Waals surface area contributed by atoms with Crippen LogP contribution in [0.4, 0.5) is 0 Å². The molecule has 5 nitrogen and oxygen atoms in total. The lowest BCUT2D eigenvalue weighted by Gasteiger charge is -2.15. The summed E-state index contributed by atoms with van der Waals surface area (Å²) in [7, 11) is 0. The van der Waals surface area contributed by atoms with E-state index in [0.717, 1.165) is 0 Å². The molecular weight excluding hydrogens is 268 g/mol. The molecule has 1 atom stereocenters. The fraction of sp³-hybridized carbons (Fsp3) is 0.462. The largest absolute Gasteiger partial charge is 0.472 e. The highest BCUT2D eigenvalue weighted by Crippen LogP contribution is 2.03. The van der Waals surface area contributed by atoms with E-state index < -0.39 is 6.10 Å². The maximum absolute atomic E-state index is 9.67. The van der Waals surface area contributed by atoms with E-state index in [9.17, 15) is 5.11 Å². The number of nitrogens with one attached hydrogen (secondary N) is 1. The van der Waals surface area contributed by atoms with Crippen molar-refractivity contribution in [3.05, 3.63) is 35.9 Å². The van der Waals surface area contributed by atoms with Gasteiger partial charge in [0.15, 0.2) is 0 Å². The number of aliphatic hydroxyl groups is 1. The first-order valence-corrected chi connectivity index (χ1v) is 5.95. The molecular formula is C13H21ClN2O3. The molecule has 0 fully saturated rings. The summed E-state index contributed by atoms with van der Waals surface area (Å²) in [6.45, 7) is 4.51. The molecule has 6 heteroatoms. The van der Waals surface area contributed by atoms with Crippen molar-refractivity contribution >= 4 is 18.3 Å². The van der Waals surface area contributed by atoms with Crippen molar-refractivity contribution in [3.8, 4) is 0 Å². The van der Waals surface area contributed by atoms with E-state index in [4.69, 9.17) is 9.94 Å². The number of halogens is 1. The second-order valence-corrected chi connectivity index (χ2v) is 4.30. The van der Waals surface area contributed by atoms with Gasteiger partial charge in [-0.05, 0) is 17.3 Å². The predicted octanol–water partition coefficient (Wildman–Crippen LogP) is 1.62. The summed E-state index contributed by atoms with van der Waals surface area (Å²) in [5.74, 6) is 0.110. The van der Waals surface area contributed by atoms with E-state index in [2.05, 4.69) is 10.5 Å². The third kappa shape index (κ3) is 7.00. The van der Waals surface area contributed by atoms with Crippen LogP contribution in [-0.2, 0) is 4.74 Å². The van der Waals surface area contributed by atoms with Crippen molar-refractivity contribution in [2.75, 3.05) is 13.2 Å². The van der Waals surface area contributed by atoms with Gasteiger partial charge in [-0.2, -0.15) is 0 Å². The molecule has 0 aliphatic heterocycles. The number of nitrogens with zero attached hydrogens (tertiary/aromatic N) is 1. The topological polar surface area (TPSA) is 74.1 Å². The zero-order valence-corrected chi connectivity index (χ0v) is 11.9. The van der Waals surface area contributed by atoms with Crippen molar-refractivity contribution in [3.63, 3.8) is 0 Å². The van der Waals surface area contributed by atoms with Crippen molar-refractivity contribution in [2.45, 2.75) is 26.0 Å². The van der Waals surface area contributed by atoms with Gasteiger partial charge in [-0.25, -0.2) is 0 Å². The Labute approximate surface area is 119 Å². The fourth-order valence-electron chi connectivity index (χ4n) is 1.36. The number of aliphatic hydroxyl groups excluding tert-OH is 1. The molecule has 1 aromatic carbocycles. The molecule has 1 rings (SSSR count). The first-order chi connectivity index (χ1) is 8.63. The van der Waals surface area contributed by atoms with Gasteiger partial charge in [-0.15, -0.1) is 12.4 Å². The molecule has 0 aromatic heterocycles. The van der Waals surface area contributed by atoms with Crippen molar-refractivity contribution < 1.29 is 15.1 Å². The Morgan fingerprint density at radius 2 is 1.95 bits per heavy atom. The minimum Gasteiger partial charge on any atom is -0.472 e. The lowest BCUT2D eigenvalue weighted by atomic mass is 10.2. The molecule has 3 N–H and O–H groups in total. The molecule has 0 aliphatic carbocycles. The SMILES string of the molecule is CC(C)NCC(O)COC(=NO)c1ccccc1.Cl. The van der Waals surface area contributed by atoms with Crippen molar-refractivity contribution in [2.24, 2.45) is 5.16 Å². The minimum atomic E-state index is -0.645. The van der Waals surface area contributed by atoms with Crippen LogP contribution in [0.2, 0.25) is 0 Å². The molecule has 0 aliphatic rings. The average molecular weight is 289 g/mol. The van der Waals surface area contributed by atoms with Crippen LogP contribution in [0.5, 0.6) is 0 Å². The third-order valence-electron chi connectivity index (χ3n) is 2.29. The zero-order valence-electron chi connectivity index (χ0n) is 11.1. The van der Waals surface area contributed by atoms with Gasteiger partial charge < -0.3 is 20.4 Å². The Hall–Kier alpha value is -1.30. The van der Waals surface area contributed by atoms with E-state index in [1.807, 2.05) is 32.0 Å². The highest BCUT2D eigenvalue weighted by atomic mass is 35.5. The Balaban J connectivity index is 0.00000324. The third-order valence-corrected chi connectivity index (χ3v) is 2.29. The maximum Gasteiger partial charge on any atom is 0.257 e. The van der Waals surface area contributed by atoms with Crippen LogP contribution in [0, 0.1) is 0 Å². The van der Waals surface area contributed by atoms with E-state index in [1.165, 1.54) is 0 Å². The molecule has 0 spiro atoms. The van der Waals surface area contributed by atoms with Crippen molar-refractivity contribution in [1.29, 1.82) is 0 Å². The molecule has 19 heavy (non-hydrogen) atoms. The average Bonchev–Trinajstić information content (AvgIpc) is 2.38. The number of oxime groups is 1. The number of rotatable bonds is 6. The molecule has 0 amide bonds. The quantitative estimate of drug-likeness (QED) is 0.322. The Bertz CT molecular complexity index is 371. The zero-order chi connectivity index (χ0) is 13.4. The van der Waals surface area contributed by atoms with Gasteiger partial charge in [0, 0.05) is 18.2 Å². The molecule has 0 radical (unpaired) electrons. The molecule has 1 unspecified atom stereocenters. The Morgan fingerprint density at radius 3 is 2.47 bits per heavy atom. The summed E-state index contributed by atoms with van der Waals surface area (Å²) < 4.78 is 5.28. The molecule has 108 valence electrons. The summed E-state index contributed by atoms with van der Waals surface area (Å²) in [6, 6.07) is 9.35. The smallest absolute Gasteiger partial charge is 0.257 e. The summed E-state index contributed by atoms with van der Waals surface area (Å²) >= 11 is 0. The standard InChI is InChI=1S/C13H20N2O3.ClH/c1-10(2)14-8-12(16)9-18-13(15-17)11-6-4-3-5-7-11;/h3-7,10,12,14,16-17H,8-9H2,1-2H3;1H. The van der Waals surface area contributed by atoms with E-state index >= 15 is 0 Å². The lowest BCUT2D eigenvalue weighted by molar-refractivity contribution is 0.0962. The van der Waals surface area contributed by atoms with Gasteiger partial charge in [0.25, 0.3) is 5.90 Å². The monoisotopic (exact) mass is 288 g/mol. The second-order valence-electron chi connectivity index (χ2n) is 4.30. The highest BCUT2D eigenvalue weighted by molar-refractivity contribution is 5.93.